The highest BCUT2D eigenvalue weighted by atomic mass is 16.5. The van der Waals surface area contributed by atoms with E-state index in [1.807, 2.05) is 6.92 Å². The number of rotatable bonds is 4. The van der Waals surface area contributed by atoms with Crippen molar-refractivity contribution < 1.29 is 9.53 Å². The van der Waals surface area contributed by atoms with Crippen LogP contribution in [0, 0.1) is 6.92 Å². The molecule has 18 heavy (non-hydrogen) atoms. The van der Waals surface area contributed by atoms with E-state index in [1.54, 1.807) is 31.6 Å². The summed E-state index contributed by atoms with van der Waals surface area (Å²) >= 11 is 0. The summed E-state index contributed by atoms with van der Waals surface area (Å²) in [6.07, 6.45) is 3.25. The van der Waals surface area contributed by atoms with E-state index in [1.165, 1.54) is 0 Å². The first-order chi connectivity index (χ1) is 8.69. The van der Waals surface area contributed by atoms with Crippen LogP contribution in [0.2, 0.25) is 0 Å². The number of nitrogens with zero attached hydrogens (tertiary/aromatic N) is 2. The molecule has 0 aromatic carbocycles. The second kappa shape index (κ2) is 5.31. The molecule has 0 saturated carbocycles. The first-order valence-corrected chi connectivity index (χ1v) is 5.48. The Balaban J connectivity index is 1.97. The first-order valence-electron chi connectivity index (χ1n) is 5.48. The number of pyridine rings is 1. The molecule has 0 aliphatic rings. The number of imidazole rings is 1. The number of aryl methyl sites for hydroxylation is 1. The number of carbonyl (C=O) groups excluding carboxylic acids is 1. The number of hydrogen-bond donors (Lipinski definition) is 2. The lowest BCUT2D eigenvalue weighted by Gasteiger charge is -2.04. The van der Waals surface area contributed by atoms with Gasteiger partial charge >= 0.3 is 0 Å². The number of methoxy groups -OCH3 is 1. The van der Waals surface area contributed by atoms with Gasteiger partial charge in [-0.3, -0.25) is 9.78 Å². The van der Waals surface area contributed by atoms with Crippen LogP contribution in [0.1, 0.15) is 22.0 Å². The molecule has 0 aliphatic carbocycles. The molecule has 2 N–H and O–H groups in total. The molecule has 0 unspecified atom stereocenters. The van der Waals surface area contributed by atoms with Crippen molar-refractivity contribution >= 4 is 5.91 Å². The highest BCUT2D eigenvalue weighted by Crippen LogP contribution is 2.09. The van der Waals surface area contributed by atoms with Crippen molar-refractivity contribution in [2.24, 2.45) is 0 Å². The molecule has 6 heteroatoms. The molecular formula is C12H14N4O2. The smallest absolute Gasteiger partial charge is 0.287 e. The van der Waals surface area contributed by atoms with Gasteiger partial charge in [-0.25, -0.2) is 4.98 Å². The Bertz CT molecular complexity index is 551. The molecule has 0 fully saturated rings. The normalized spacial score (nSPS) is 10.1. The Morgan fingerprint density at radius 2 is 2.33 bits per heavy atom. The van der Waals surface area contributed by atoms with Gasteiger partial charge in [0, 0.05) is 24.2 Å². The summed E-state index contributed by atoms with van der Waals surface area (Å²) in [4.78, 5) is 22.7. The van der Waals surface area contributed by atoms with Crippen LogP contribution in [0.15, 0.2) is 24.5 Å². The fourth-order valence-electron chi connectivity index (χ4n) is 1.46. The number of ether oxygens (including phenoxy) is 1. The molecule has 2 aromatic rings. The monoisotopic (exact) mass is 246 g/mol. The molecular weight excluding hydrogens is 232 g/mol. The highest BCUT2D eigenvalue weighted by molar-refractivity contribution is 5.90. The summed E-state index contributed by atoms with van der Waals surface area (Å²) in [6, 6.07) is 3.52. The third-order valence-electron chi connectivity index (χ3n) is 2.37. The summed E-state index contributed by atoms with van der Waals surface area (Å²) < 4.78 is 5.08. The molecule has 0 bridgehead atoms. The minimum Gasteiger partial charge on any atom is -0.497 e. The van der Waals surface area contributed by atoms with Crippen LogP contribution in [0.3, 0.4) is 0 Å². The second-order valence-electron chi connectivity index (χ2n) is 3.78. The summed E-state index contributed by atoms with van der Waals surface area (Å²) in [7, 11) is 1.59. The molecule has 0 spiro atoms. The van der Waals surface area contributed by atoms with Gasteiger partial charge in [0.1, 0.15) is 5.75 Å². The van der Waals surface area contributed by atoms with Crippen LogP contribution in [-0.4, -0.2) is 28.0 Å². The van der Waals surface area contributed by atoms with Crippen molar-refractivity contribution in [3.05, 3.63) is 41.7 Å². The zero-order valence-electron chi connectivity index (χ0n) is 10.2. The number of hydrogen-bond acceptors (Lipinski definition) is 4. The number of aromatic amines is 1. The fraction of sp³-hybridized carbons (Fsp3) is 0.250. The van der Waals surface area contributed by atoms with Crippen molar-refractivity contribution in [3.63, 3.8) is 0 Å². The van der Waals surface area contributed by atoms with Crippen LogP contribution in [0.4, 0.5) is 0 Å². The van der Waals surface area contributed by atoms with Crippen molar-refractivity contribution in [2.75, 3.05) is 7.11 Å². The number of carbonyl (C=O) groups is 1. The average Bonchev–Trinajstić information content (AvgIpc) is 2.83. The molecule has 6 nitrogen and oxygen atoms in total. The molecule has 0 aliphatic heterocycles. The zero-order valence-corrected chi connectivity index (χ0v) is 10.2. The Hall–Kier alpha value is -2.37. The maximum atomic E-state index is 11.7. The Kier molecular flexibility index (Phi) is 3.57. The Morgan fingerprint density at radius 3 is 3.00 bits per heavy atom. The molecule has 2 aromatic heterocycles. The van der Waals surface area contributed by atoms with Gasteiger partial charge < -0.3 is 15.0 Å². The van der Waals surface area contributed by atoms with Crippen LogP contribution < -0.4 is 10.1 Å². The van der Waals surface area contributed by atoms with Gasteiger partial charge in [-0.2, -0.15) is 0 Å². The van der Waals surface area contributed by atoms with Crippen LogP contribution in [-0.2, 0) is 6.54 Å². The topological polar surface area (TPSA) is 79.9 Å². The Morgan fingerprint density at radius 1 is 1.50 bits per heavy atom. The van der Waals surface area contributed by atoms with Gasteiger partial charge in [-0.05, 0) is 13.0 Å². The standard InChI is InChI=1S/C12H14N4O2/c1-8-6-14-11(16-8)12(17)15-7-9-5-10(18-2)3-4-13-9/h3-6H,7H2,1-2H3,(H,14,16)(H,15,17). The molecule has 2 rings (SSSR count). The lowest BCUT2D eigenvalue weighted by atomic mass is 10.3. The molecule has 0 radical (unpaired) electrons. The van der Waals surface area contributed by atoms with Gasteiger partial charge in [0.15, 0.2) is 5.82 Å². The lowest BCUT2D eigenvalue weighted by molar-refractivity contribution is 0.0941. The fourth-order valence-corrected chi connectivity index (χ4v) is 1.46. The lowest BCUT2D eigenvalue weighted by Crippen LogP contribution is -2.24. The minimum atomic E-state index is -0.257. The van der Waals surface area contributed by atoms with Crippen LogP contribution in [0.25, 0.3) is 0 Å². The summed E-state index contributed by atoms with van der Waals surface area (Å²) in [6.45, 7) is 2.17. The molecule has 0 atom stereocenters. The highest BCUT2D eigenvalue weighted by Gasteiger charge is 2.08. The quantitative estimate of drug-likeness (QED) is 0.845. The third kappa shape index (κ3) is 2.85. The first kappa shape index (κ1) is 12.1. The maximum Gasteiger partial charge on any atom is 0.287 e. The van der Waals surface area contributed by atoms with Crippen LogP contribution >= 0.6 is 0 Å². The Labute approximate surface area is 104 Å². The van der Waals surface area contributed by atoms with Crippen molar-refractivity contribution in [3.8, 4) is 5.75 Å². The van der Waals surface area contributed by atoms with Crippen molar-refractivity contribution in [2.45, 2.75) is 13.5 Å². The average molecular weight is 246 g/mol. The van der Waals surface area contributed by atoms with Crippen LogP contribution in [0.5, 0.6) is 5.75 Å². The SMILES string of the molecule is COc1ccnc(CNC(=O)c2ncc(C)[nH]2)c1. The van der Waals surface area contributed by atoms with Crippen molar-refractivity contribution in [1.29, 1.82) is 0 Å². The summed E-state index contributed by atoms with van der Waals surface area (Å²) in [5.41, 5.74) is 1.57. The van der Waals surface area contributed by atoms with Gasteiger partial charge in [0.25, 0.3) is 5.91 Å². The second-order valence-corrected chi connectivity index (χ2v) is 3.78. The molecule has 0 saturated heterocycles. The molecule has 1 amide bonds. The van der Waals surface area contributed by atoms with E-state index in [-0.39, 0.29) is 5.91 Å². The van der Waals surface area contributed by atoms with Crippen molar-refractivity contribution in [1.82, 2.24) is 20.3 Å². The van der Waals surface area contributed by atoms with Gasteiger partial charge in [-0.15, -0.1) is 0 Å². The maximum absolute atomic E-state index is 11.7. The van der Waals surface area contributed by atoms with E-state index in [0.717, 1.165) is 11.4 Å². The van der Waals surface area contributed by atoms with E-state index >= 15 is 0 Å². The third-order valence-corrected chi connectivity index (χ3v) is 2.37. The number of amides is 1. The van der Waals surface area contributed by atoms with E-state index in [9.17, 15) is 4.79 Å². The summed E-state index contributed by atoms with van der Waals surface area (Å²) in [5.74, 6) is 0.756. The molecule has 2 heterocycles. The van der Waals surface area contributed by atoms with Gasteiger partial charge in [0.05, 0.1) is 19.3 Å². The van der Waals surface area contributed by atoms with Gasteiger partial charge in [-0.1, -0.05) is 0 Å². The van der Waals surface area contributed by atoms with Gasteiger partial charge in [0.2, 0.25) is 0 Å². The largest absolute Gasteiger partial charge is 0.497 e. The van der Waals surface area contributed by atoms with E-state index in [0.29, 0.717) is 18.1 Å². The number of nitrogens with one attached hydrogen (secondary N) is 2. The predicted octanol–water partition coefficient (Wildman–Crippen LogP) is 1.05. The van der Waals surface area contributed by atoms with E-state index in [4.69, 9.17) is 4.74 Å². The van der Waals surface area contributed by atoms with E-state index < -0.39 is 0 Å². The van der Waals surface area contributed by atoms with E-state index in [2.05, 4.69) is 20.3 Å². The predicted molar refractivity (Wildman–Crippen MR) is 65.3 cm³/mol. The zero-order chi connectivity index (χ0) is 13.0. The minimum absolute atomic E-state index is 0.257. The number of aromatic nitrogens is 3. The number of H-pyrrole nitrogens is 1. The molecule has 94 valence electrons. The summed E-state index contributed by atoms with van der Waals surface area (Å²) in [5, 5.41) is 2.73.